The number of anilines is 1. The van der Waals surface area contributed by atoms with Crippen LogP contribution in [-0.2, 0) is 29.0 Å². The van der Waals surface area contributed by atoms with Gasteiger partial charge in [0, 0.05) is 24.8 Å². The number of halogens is 4. The van der Waals surface area contributed by atoms with E-state index in [1.807, 2.05) is 12.1 Å². The fourth-order valence-corrected chi connectivity index (χ4v) is 5.06. The summed E-state index contributed by atoms with van der Waals surface area (Å²) in [7, 11) is -3.97. The van der Waals surface area contributed by atoms with Gasteiger partial charge in [-0.15, -0.1) is 12.4 Å². The smallest absolute Gasteiger partial charge is 0.300 e. The molecule has 3 rings (SSSR count). The molecule has 0 atom stereocenters. The highest BCUT2D eigenvalue weighted by Crippen LogP contribution is 2.30. The number of nitrogens with zero attached hydrogens (tertiary/aromatic N) is 1. The van der Waals surface area contributed by atoms with Crippen molar-refractivity contribution in [3.05, 3.63) is 59.2 Å². The van der Waals surface area contributed by atoms with Crippen LogP contribution in [0, 0.1) is 0 Å². The Morgan fingerprint density at radius 1 is 0.968 bits per heavy atom. The first-order chi connectivity index (χ1) is 14.1. The Morgan fingerprint density at radius 3 is 2.10 bits per heavy atom. The lowest BCUT2D eigenvalue weighted by Gasteiger charge is -2.28. The van der Waals surface area contributed by atoms with Gasteiger partial charge in [-0.2, -0.15) is 13.2 Å². The van der Waals surface area contributed by atoms with Gasteiger partial charge in [0.1, 0.15) is 0 Å². The molecule has 1 N–H and O–H groups in total. The molecule has 1 aliphatic heterocycles. The van der Waals surface area contributed by atoms with Crippen molar-refractivity contribution in [1.82, 2.24) is 4.90 Å². The van der Waals surface area contributed by atoms with Gasteiger partial charge in [-0.3, -0.25) is 9.62 Å². The first kappa shape index (κ1) is 25.5. The number of nitrogens with one attached hydrogen (secondary N) is 1. The van der Waals surface area contributed by atoms with Crippen molar-refractivity contribution in [2.24, 2.45) is 0 Å². The van der Waals surface area contributed by atoms with Crippen LogP contribution >= 0.6 is 12.4 Å². The Balaban J connectivity index is 0.00000341. The molecule has 2 aromatic carbocycles. The monoisotopic (exact) mass is 476 g/mol. The molecule has 0 amide bonds. The summed E-state index contributed by atoms with van der Waals surface area (Å²) in [6.07, 6.45) is -0.551. The number of rotatable bonds is 6. The Hall–Kier alpha value is -1.77. The molecule has 9 heteroatoms. The standard InChI is InChI=1S/C22H27F3N2O2S.ClH/c1-3-20(4-2)27-13-11-16-5-8-19(15-17(16)12-14-27)26-30(28,29)21-9-6-18(7-10-21)22(23,24)25;/h5-10,15,20,26H,3-4,11-14H2,1-2H3;1H. The lowest BCUT2D eigenvalue weighted by atomic mass is 10.0. The van der Waals surface area contributed by atoms with Gasteiger partial charge in [0.15, 0.2) is 0 Å². The average Bonchev–Trinajstić information content (AvgIpc) is 2.91. The van der Waals surface area contributed by atoms with Crippen LogP contribution in [0.1, 0.15) is 43.4 Å². The summed E-state index contributed by atoms with van der Waals surface area (Å²) in [6.45, 7) is 6.30. The van der Waals surface area contributed by atoms with Crippen molar-refractivity contribution in [3.63, 3.8) is 0 Å². The highest BCUT2D eigenvalue weighted by molar-refractivity contribution is 7.92. The van der Waals surface area contributed by atoms with E-state index in [2.05, 4.69) is 23.5 Å². The maximum atomic E-state index is 12.7. The first-order valence-electron chi connectivity index (χ1n) is 10.2. The molecule has 0 radical (unpaired) electrons. The summed E-state index contributed by atoms with van der Waals surface area (Å²) in [5.41, 5.74) is 1.86. The molecule has 0 spiro atoms. The predicted molar refractivity (Wildman–Crippen MR) is 119 cm³/mol. The fraction of sp³-hybridized carbons (Fsp3) is 0.455. The van der Waals surface area contributed by atoms with E-state index >= 15 is 0 Å². The van der Waals surface area contributed by atoms with E-state index in [1.54, 1.807) is 6.07 Å². The van der Waals surface area contributed by atoms with Crippen LogP contribution in [0.15, 0.2) is 47.4 Å². The highest BCUT2D eigenvalue weighted by atomic mass is 35.5. The molecule has 2 aromatic rings. The lowest BCUT2D eigenvalue weighted by molar-refractivity contribution is -0.137. The normalized spacial score (nSPS) is 15.2. The van der Waals surface area contributed by atoms with Crippen LogP contribution in [0.25, 0.3) is 0 Å². The zero-order valence-corrected chi connectivity index (χ0v) is 19.2. The third kappa shape index (κ3) is 6.14. The number of benzene rings is 2. The van der Waals surface area contributed by atoms with Crippen molar-refractivity contribution < 1.29 is 21.6 Å². The molecule has 0 aliphatic carbocycles. The molecular formula is C22H28ClF3N2O2S. The third-order valence-electron chi connectivity index (χ3n) is 5.75. The van der Waals surface area contributed by atoms with Gasteiger partial charge in [-0.25, -0.2) is 8.42 Å². The minimum absolute atomic E-state index is 0. The SMILES string of the molecule is CCC(CC)N1CCc2ccc(NS(=O)(=O)c3ccc(C(F)(F)F)cc3)cc2CC1.Cl. The van der Waals surface area contributed by atoms with Gasteiger partial charge in [0.05, 0.1) is 10.5 Å². The van der Waals surface area contributed by atoms with Crippen molar-refractivity contribution in [2.45, 2.75) is 56.6 Å². The molecule has 0 unspecified atom stereocenters. The summed E-state index contributed by atoms with van der Waals surface area (Å²) in [5.74, 6) is 0. The van der Waals surface area contributed by atoms with Gasteiger partial charge in [0.2, 0.25) is 0 Å². The largest absolute Gasteiger partial charge is 0.416 e. The van der Waals surface area contributed by atoms with Gasteiger partial charge in [-0.1, -0.05) is 19.9 Å². The molecule has 0 saturated carbocycles. The number of fused-ring (bicyclic) bond motifs is 1. The van der Waals surface area contributed by atoms with Crippen LogP contribution in [0.3, 0.4) is 0 Å². The number of hydrogen-bond acceptors (Lipinski definition) is 3. The van der Waals surface area contributed by atoms with Crippen LogP contribution < -0.4 is 4.72 Å². The summed E-state index contributed by atoms with van der Waals surface area (Å²) in [4.78, 5) is 2.29. The van der Waals surface area contributed by atoms with Gasteiger partial charge >= 0.3 is 6.18 Å². The second kappa shape index (κ2) is 10.2. The van der Waals surface area contributed by atoms with Crippen molar-refractivity contribution >= 4 is 28.1 Å². The predicted octanol–water partition coefficient (Wildman–Crippen LogP) is 5.52. The summed E-state index contributed by atoms with van der Waals surface area (Å²) in [5, 5.41) is 0. The van der Waals surface area contributed by atoms with Crippen molar-refractivity contribution in [1.29, 1.82) is 0 Å². The van der Waals surface area contributed by atoms with E-state index in [1.165, 1.54) is 5.56 Å². The zero-order valence-electron chi connectivity index (χ0n) is 17.6. The molecule has 4 nitrogen and oxygen atoms in total. The number of alkyl halides is 3. The van der Waals surface area contributed by atoms with Crippen LogP contribution in [-0.4, -0.2) is 32.4 Å². The van der Waals surface area contributed by atoms with E-state index in [0.717, 1.165) is 68.6 Å². The molecule has 0 aromatic heterocycles. The number of hydrogen-bond donors (Lipinski definition) is 1. The second-order valence-electron chi connectivity index (χ2n) is 7.62. The van der Waals surface area contributed by atoms with E-state index in [4.69, 9.17) is 0 Å². The van der Waals surface area contributed by atoms with Gasteiger partial charge in [0.25, 0.3) is 10.0 Å². The summed E-state index contributed by atoms with van der Waals surface area (Å²) >= 11 is 0. The highest BCUT2D eigenvalue weighted by Gasteiger charge is 2.30. The third-order valence-corrected chi connectivity index (χ3v) is 7.14. The van der Waals surface area contributed by atoms with Crippen LogP contribution in [0.4, 0.5) is 18.9 Å². The van der Waals surface area contributed by atoms with Gasteiger partial charge < -0.3 is 0 Å². The molecule has 0 bridgehead atoms. The van der Waals surface area contributed by atoms with Gasteiger partial charge in [-0.05, 0) is 73.2 Å². The van der Waals surface area contributed by atoms with E-state index in [9.17, 15) is 21.6 Å². The fourth-order valence-electron chi connectivity index (χ4n) is 4.01. The Kier molecular flexibility index (Phi) is 8.41. The van der Waals surface area contributed by atoms with E-state index in [0.29, 0.717) is 11.7 Å². The molecule has 1 aliphatic rings. The Bertz CT molecular complexity index is 975. The molecule has 1 heterocycles. The minimum atomic E-state index is -4.50. The quantitative estimate of drug-likeness (QED) is 0.597. The summed E-state index contributed by atoms with van der Waals surface area (Å²) in [6, 6.07) is 9.55. The summed E-state index contributed by atoms with van der Waals surface area (Å²) < 4.78 is 65.9. The zero-order chi connectivity index (χ0) is 21.9. The molecule has 0 saturated heterocycles. The number of sulfonamides is 1. The second-order valence-corrected chi connectivity index (χ2v) is 9.30. The maximum absolute atomic E-state index is 12.7. The topological polar surface area (TPSA) is 49.4 Å². The molecular weight excluding hydrogens is 449 g/mol. The Morgan fingerprint density at radius 2 is 1.55 bits per heavy atom. The van der Waals surface area contributed by atoms with Crippen molar-refractivity contribution in [3.8, 4) is 0 Å². The van der Waals surface area contributed by atoms with Crippen LogP contribution in [0.5, 0.6) is 0 Å². The molecule has 172 valence electrons. The average molecular weight is 477 g/mol. The van der Waals surface area contributed by atoms with Crippen LogP contribution in [0.2, 0.25) is 0 Å². The van der Waals surface area contributed by atoms with E-state index in [-0.39, 0.29) is 17.3 Å². The van der Waals surface area contributed by atoms with E-state index < -0.39 is 21.8 Å². The lowest BCUT2D eigenvalue weighted by Crippen LogP contribution is -2.36. The molecule has 31 heavy (non-hydrogen) atoms. The molecule has 0 fully saturated rings. The first-order valence-corrected chi connectivity index (χ1v) is 11.7. The van der Waals surface area contributed by atoms with Crippen molar-refractivity contribution in [2.75, 3.05) is 17.8 Å². The Labute approximate surface area is 188 Å². The maximum Gasteiger partial charge on any atom is 0.416 e. The minimum Gasteiger partial charge on any atom is -0.300 e.